The summed E-state index contributed by atoms with van der Waals surface area (Å²) in [7, 11) is 3.80. The van der Waals surface area contributed by atoms with Crippen LogP contribution in [-0.4, -0.2) is 45.1 Å². The summed E-state index contributed by atoms with van der Waals surface area (Å²) >= 11 is 6.60. The normalized spacial score (nSPS) is 11.2. The lowest BCUT2D eigenvalue weighted by Crippen LogP contribution is -2.11. The first kappa shape index (κ1) is 22.9. The summed E-state index contributed by atoms with van der Waals surface area (Å²) < 4.78 is 13.1. The van der Waals surface area contributed by atoms with Crippen LogP contribution in [0, 0.1) is 20.8 Å². The number of ether oxygens (including phenoxy) is 1. The maximum absolute atomic E-state index is 6.60. The third-order valence-electron chi connectivity index (χ3n) is 5.41. The van der Waals surface area contributed by atoms with Crippen molar-refractivity contribution in [1.82, 2.24) is 30.2 Å². The van der Waals surface area contributed by atoms with Gasteiger partial charge in [-0.05, 0) is 59.0 Å². The first-order chi connectivity index (χ1) is 15.9. The molecule has 0 amide bonds. The van der Waals surface area contributed by atoms with Crippen LogP contribution in [0.4, 0.5) is 0 Å². The molecule has 0 saturated carbocycles. The van der Waals surface area contributed by atoms with Crippen LogP contribution in [0.1, 0.15) is 23.4 Å². The Morgan fingerprint density at radius 3 is 2.61 bits per heavy atom. The van der Waals surface area contributed by atoms with Gasteiger partial charge in [0.15, 0.2) is 5.82 Å². The second-order valence-corrected chi connectivity index (χ2v) is 8.33. The van der Waals surface area contributed by atoms with Gasteiger partial charge in [0.1, 0.15) is 11.5 Å². The molecule has 0 aliphatic carbocycles. The van der Waals surface area contributed by atoms with Gasteiger partial charge in [-0.3, -0.25) is 4.68 Å². The fourth-order valence-electron chi connectivity index (χ4n) is 3.73. The van der Waals surface area contributed by atoms with E-state index >= 15 is 0 Å². The highest BCUT2D eigenvalue weighted by atomic mass is 35.5. The third kappa shape index (κ3) is 4.77. The molecule has 1 N–H and O–H groups in total. The number of hydrogen-bond donors (Lipinski definition) is 1. The Morgan fingerprint density at radius 1 is 1.15 bits per heavy atom. The molecule has 3 aromatic heterocycles. The van der Waals surface area contributed by atoms with Crippen molar-refractivity contribution in [3.63, 3.8) is 0 Å². The van der Waals surface area contributed by atoms with Crippen LogP contribution in [0.2, 0.25) is 5.02 Å². The molecule has 0 aliphatic rings. The fraction of sp³-hybridized carbons (Fsp3) is 0.333. The second kappa shape index (κ2) is 9.72. The number of hydrogen-bond acceptors (Lipinski definition) is 7. The summed E-state index contributed by atoms with van der Waals surface area (Å²) in [6.45, 7) is 7.27. The molecular formula is C24H27ClN6O2. The number of nitrogens with one attached hydrogen (secondary N) is 1. The summed E-state index contributed by atoms with van der Waals surface area (Å²) in [6, 6.07) is 5.56. The molecule has 0 fully saturated rings. The summed E-state index contributed by atoms with van der Waals surface area (Å²) in [6.07, 6.45) is 4.62. The monoisotopic (exact) mass is 466 g/mol. The van der Waals surface area contributed by atoms with Crippen molar-refractivity contribution in [3.05, 3.63) is 52.6 Å². The minimum absolute atomic E-state index is 0.500. The smallest absolute Gasteiger partial charge is 0.162 e. The van der Waals surface area contributed by atoms with E-state index < -0.39 is 0 Å². The van der Waals surface area contributed by atoms with Crippen LogP contribution in [0.5, 0.6) is 5.75 Å². The van der Waals surface area contributed by atoms with Crippen molar-refractivity contribution >= 4 is 11.6 Å². The average molecular weight is 467 g/mol. The molecule has 0 spiro atoms. The Morgan fingerprint density at radius 2 is 1.94 bits per heavy atom. The molecular weight excluding hydrogens is 440 g/mol. The minimum Gasteiger partial charge on any atom is -0.494 e. The predicted molar refractivity (Wildman–Crippen MR) is 128 cm³/mol. The van der Waals surface area contributed by atoms with Crippen LogP contribution in [0.15, 0.2) is 35.1 Å². The van der Waals surface area contributed by atoms with E-state index in [0.29, 0.717) is 28.8 Å². The molecule has 33 heavy (non-hydrogen) atoms. The summed E-state index contributed by atoms with van der Waals surface area (Å²) in [5, 5.41) is 12.1. The Balaban J connectivity index is 1.86. The molecule has 0 saturated heterocycles. The number of benzene rings is 1. The van der Waals surface area contributed by atoms with Crippen molar-refractivity contribution in [2.24, 2.45) is 7.05 Å². The van der Waals surface area contributed by atoms with Gasteiger partial charge in [0.05, 0.1) is 40.5 Å². The Labute approximate surface area is 198 Å². The third-order valence-corrected chi connectivity index (χ3v) is 5.74. The first-order valence-corrected chi connectivity index (χ1v) is 11.1. The van der Waals surface area contributed by atoms with Gasteiger partial charge in [-0.25, -0.2) is 9.97 Å². The molecule has 4 aromatic rings. The number of nitrogens with zero attached hydrogens (tertiary/aromatic N) is 5. The molecule has 4 rings (SSSR count). The highest BCUT2D eigenvalue weighted by molar-refractivity contribution is 6.33. The largest absolute Gasteiger partial charge is 0.494 e. The Bertz CT molecular complexity index is 1260. The van der Waals surface area contributed by atoms with E-state index in [0.717, 1.165) is 52.5 Å². The zero-order valence-electron chi connectivity index (χ0n) is 19.4. The zero-order chi connectivity index (χ0) is 23.5. The van der Waals surface area contributed by atoms with E-state index in [1.165, 1.54) is 0 Å². The van der Waals surface area contributed by atoms with E-state index in [4.69, 9.17) is 30.8 Å². The quantitative estimate of drug-likeness (QED) is 0.374. The molecule has 0 bridgehead atoms. The van der Waals surface area contributed by atoms with Gasteiger partial charge in [0.2, 0.25) is 0 Å². The van der Waals surface area contributed by atoms with E-state index in [2.05, 4.69) is 15.6 Å². The molecule has 0 radical (unpaired) electrons. The van der Waals surface area contributed by atoms with Gasteiger partial charge in [0.25, 0.3) is 0 Å². The van der Waals surface area contributed by atoms with Crippen molar-refractivity contribution in [1.29, 1.82) is 0 Å². The summed E-state index contributed by atoms with van der Waals surface area (Å²) in [5.41, 5.74) is 5.66. The van der Waals surface area contributed by atoms with Gasteiger partial charge in [-0.1, -0.05) is 16.8 Å². The summed E-state index contributed by atoms with van der Waals surface area (Å²) in [5.74, 6) is 1.92. The van der Waals surface area contributed by atoms with Gasteiger partial charge in [0, 0.05) is 29.9 Å². The van der Waals surface area contributed by atoms with E-state index in [1.54, 1.807) is 10.9 Å². The highest BCUT2D eigenvalue weighted by Crippen LogP contribution is 2.37. The SMILES string of the molecule is CNCCCOc1ccc(Cl)c(-c2nc(-c3cnn(C)c3)c(C)c(-c3c(C)noc3C)n2)c1. The van der Waals surface area contributed by atoms with E-state index in [-0.39, 0.29) is 0 Å². The first-order valence-electron chi connectivity index (χ1n) is 10.8. The summed E-state index contributed by atoms with van der Waals surface area (Å²) in [4.78, 5) is 9.83. The van der Waals surface area contributed by atoms with E-state index in [9.17, 15) is 0 Å². The van der Waals surface area contributed by atoms with Crippen LogP contribution in [-0.2, 0) is 7.05 Å². The van der Waals surface area contributed by atoms with Gasteiger partial charge >= 0.3 is 0 Å². The van der Waals surface area contributed by atoms with Crippen LogP contribution in [0.25, 0.3) is 33.9 Å². The number of aryl methyl sites for hydroxylation is 3. The van der Waals surface area contributed by atoms with Crippen molar-refractivity contribution in [3.8, 4) is 39.7 Å². The molecule has 1 aromatic carbocycles. The molecule has 0 aliphatic heterocycles. The van der Waals surface area contributed by atoms with Gasteiger partial charge in [-0.15, -0.1) is 0 Å². The van der Waals surface area contributed by atoms with Crippen molar-refractivity contribution in [2.75, 3.05) is 20.2 Å². The molecule has 3 heterocycles. The van der Waals surface area contributed by atoms with Crippen LogP contribution < -0.4 is 10.1 Å². The fourth-order valence-corrected chi connectivity index (χ4v) is 3.93. The molecule has 172 valence electrons. The molecule has 9 heteroatoms. The maximum atomic E-state index is 6.60. The molecule has 8 nitrogen and oxygen atoms in total. The Hall–Kier alpha value is -3.23. The number of halogens is 1. The van der Waals surface area contributed by atoms with Gasteiger partial charge < -0.3 is 14.6 Å². The Kier molecular flexibility index (Phi) is 6.76. The molecule has 0 unspecified atom stereocenters. The number of rotatable bonds is 8. The zero-order valence-corrected chi connectivity index (χ0v) is 20.2. The number of aromatic nitrogens is 5. The van der Waals surface area contributed by atoms with Gasteiger partial charge in [-0.2, -0.15) is 5.10 Å². The lowest BCUT2D eigenvalue weighted by molar-refractivity contribution is 0.310. The van der Waals surface area contributed by atoms with Crippen molar-refractivity contribution < 1.29 is 9.26 Å². The standard InChI is InChI=1S/C24H27ClN6O2/c1-14-22(17-12-27-31(5)13-17)28-24(29-23(14)21-15(2)30-33-16(21)3)19-11-18(7-8-20(19)25)32-10-6-9-26-4/h7-8,11-13,26H,6,9-10H2,1-5H3. The second-order valence-electron chi connectivity index (χ2n) is 7.92. The lowest BCUT2D eigenvalue weighted by atomic mass is 10.0. The van der Waals surface area contributed by atoms with Crippen LogP contribution >= 0.6 is 11.6 Å². The average Bonchev–Trinajstić information content (AvgIpc) is 3.37. The minimum atomic E-state index is 0.500. The molecule has 0 atom stereocenters. The van der Waals surface area contributed by atoms with E-state index in [1.807, 2.05) is 59.3 Å². The highest BCUT2D eigenvalue weighted by Gasteiger charge is 2.22. The van der Waals surface area contributed by atoms with Crippen molar-refractivity contribution in [2.45, 2.75) is 27.2 Å². The maximum Gasteiger partial charge on any atom is 0.162 e. The lowest BCUT2D eigenvalue weighted by Gasteiger charge is -2.14. The topological polar surface area (TPSA) is 90.9 Å². The van der Waals surface area contributed by atoms with Crippen LogP contribution in [0.3, 0.4) is 0 Å². The predicted octanol–water partition coefficient (Wildman–Crippen LogP) is 4.77.